The molecule has 0 saturated heterocycles. The number of nitrogens with one attached hydrogen (secondary N) is 2. The zero-order valence-corrected chi connectivity index (χ0v) is 16.7. The molecule has 29 heavy (non-hydrogen) atoms. The van der Waals surface area contributed by atoms with Gasteiger partial charge in [-0.05, 0) is 55.3 Å². The summed E-state index contributed by atoms with van der Waals surface area (Å²) in [5, 5.41) is 6.44. The molecule has 8 heteroatoms. The number of guanidine groups is 1. The molecule has 1 atom stereocenters. The van der Waals surface area contributed by atoms with Crippen molar-refractivity contribution < 1.29 is 18.7 Å². The molecule has 0 heterocycles. The number of amides is 1. The Morgan fingerprint density at radius 1 is 1.10 bits per heavy atom. The average molecular weight is 402 g/mol. The van der Waals surface area contributed by atoms with Gasteiger partial charge in [0.25, 0.3) is 5.91 Å². The standard InChI is InChI=1S/C21H27FN4O3/c1-15(29-19-9-5-17(22)6-10-19)13-26-21(24-2)25-12-11-16-3-7-18(8-4-16)28-14-20(23)27/h3-10,15H,11-14H2,1-2H3,(H2,23,27)(H2,24,25,26). The van der Waals surface area contributed by atoms with E-state index in [2.05, 4.69) is 15.6 Å². The van der Waals surface area contributed by atoms with E-state index in [-0.39, 0.29) is 18.5 Å². The molecule has 1 amide bonds. The number of rotatable bonds is 10. The first-order valence-electron chi connectivity index (χ1n) is 9.33. The van der Waals surface area contributed by atoms with Crippen molar-refractivity contribution in [2.75, 3.05) is 26.7 Å². The summed E-state index contributed by atoms with van der Waals surface area (Å²) in [6.45, 7) is 3.02. The number of carbonyl (C=O) groups excluding carboxylic acids is 1. The van der Waals surface area contributed by atoms with E-state index in [4.69, 9.17) is 15.2 Å². The van der Waals surface area contributed by atoms with Crippen molar-refractivity contribution in [1.29, 1.82) is 0 Å². The van der Waals surface area contributed by atoms with Crippen LogP contribution in [0.25, 0.3) is 0 Å². The third-order valence-corrected chi connectivity index (χ3v) is 3.94. The maximum Gasteiger partial charge on any atom is 0.255 e. The molecule has 0 fully saturated rings. The summed E-state index contributed by atoms with van der Waals surface area (Å²) in [5.74, 6) is 1.09. The van der Waals surface area contributed by atoms with Crippen molar-refractivity contribution >= 4 is 11.9 Å². The lowest BCUT2D eigenvalue weighted by atomic mass is 10.1. The maximum absolute atomic E-state index is 12.9. The van der Waals surface area contributed by atoms with E-state index in [0.29, 0.717) is 30.5 Å². The van der Waals surface area contributed by atoms with Gasteiger partial charge in [0, 0.05) is 13.6 Å². The summed E-state index contributed by atoms with van der Waals surface area (Å²) in [6, 6.07) is 13.4. The Bertz CT molecular complexity index is 795. The molecule has 2 rings (SSSR count). The van der Waals surface area contributed by atoms with Crippen molar-refractivity contribution in [1.82, 2.24) is 10.6 Å². The Morgan fingerprint density at radius 3 is 2.38 bits per heavy atom. The van der Waals surface area contributed by atoms with E-state index in [9.17, 15) is 9.18 Å². The Balaban J connectivity index is 1.69. The van der Waals surface area contributed by atoms with Crippen molar-refractivity contribution in [2.24, 2.45) is 10.7 Å². The number of nitrogens with two attached hydrogens (primary N) is 1. The molecule has 0 aliphatic carbocycles. The van der Waals surface area contributed by atoms with E-state index in [1.807, 2.05) is 19.1 Å². The van der Waals surface area contributed by atoms with Crippen LogP contribution in [-0.2, 0) is 11.2 Å². The maximum atomic E-state index is 12.9. The minimum Gasteiger partial charge on any atom is -0.489 e. The van der Waals surface area contributed by atoms with E-state index < -0.39 is 5.91 Å². The molecule has 0 radical (unpaired) electrons. The first-order chi connectivity index (χ1) is 14.0. The fourth-order valence-electron chi connectivity index (χ4n) is 2.48. The highest BCUT2D eigenvalue weighted by Gasteiger charge is 2.06. The summed E-state index contributed by atoms with van der Waals surface area (Å²) in [5.41, 5.74) is 6.17. The highest BCUT2D eigenvalue weighted by molar-refractivity contribution is 5.79. The SMILES string of the molecule is CN=C(NCCc1ccc(OCC(N)=O)cc1)NCC(C)Oc1ccc(F)cc1. The largest absolute Gasteiger partial charge is 0.489 e. The van der Waals surface area contributed by atoms with Gasteiger partial charge in [0.1, 0.15) is 23.4 Å². The molecule has 0 saturated carbocycles. The topological polar surface area (TPSA) is 98.0 Å². The number of nitrogens with zero attached hydrogens (tertiary/aromatic N) is 1. The van der Waals surface area contributed by atoms with E-state index in [1.54, 1.807) is 31.3 Å². The van der Waals surface area contributed by atoms with Gasteiger partial charge in [-0.1, -0.05) is 12.1 Å². The first kappa shape index (κ1) is 22.0. The molecule has 0 spiro atoms. The van der Waals surface area contributed by atoms with Crippen molar-refractivity contribution in [3.05, 3.63) is 59.9 Å². The molecule has 0 aliphatic rings. The normalized spacial score (nSPS) is 12.2. The number of carbonyl (C=O) groups is 1. The third-order valence-electron chi connectivity index (χ3n) is 3.94. The summed E-state index contributed by atoms with van der Waals surface area (Å²) < 4.78 is 23.9. The van der Waals surface area contributed by atoms with Crippen LogP contribution in [-0.4, -0.2) is 44.7 Å². The fourth-order valence-corrected chi connectivity index (χ4v) is 2.48. The zero-order chi connectivity index (χ0) is 21.1. The Labute approximate surface area is 170 Å². The number of halogens is 1. The van der Waals surface area contributed by atoms with Crippen LogP contribution in [0, 0.1) is 5.82 Å². The molecule has 0 aliphatic heterocycles. The Hall–Kier alpha value is -3.29. The van der Waals surface area contributed by atoms with E-state index >= 15 is 0 Å². The molecule has 2 aromatic rings. The van der Waals surface area contributed by atoms with E-state index in [0.717, 1.165) is 12.0 Å². The summed E-state index contributed by atoms with van der Waals surface area (Å²) in [7, 11) is 1.70. The number of ether oxygens (including phenoxy) is 2. The van der Waals surface area contributed by atoms with Gasteiger partial charge in [0.2, 0.25) is 0 Å². The van der Waals surface area contributed by atoms with Crippen LogP contribution < -0.4 is 25.8 Å². The smallest absolute Gasteiger partial charge is 0.255 e. The number of hydrogen-bond acceptors (Lipinski definition) is 4. The lowest BCUT2D eigenvalue weighted by molar-refractivity contribution is -0.119. The summed E-state index contributed by atoms with van der Waals surface area (Å²) in [6.07, 6.45) is 0.672. The first-order valence-corrected chi connectivity index (χ1v) is 9.33. The van der Waals surface area contributed by atoms with Gasteiger partial charge in [-0.2, -0.15) is 0 Å². The monoisotopic (exact) mass is 402 g/mol. The molecule has 7 nitrogen and oxygen atoms in total. The number of benzene rings is 2. The molecule has 2 aromatic carbocycles. The highest BCUT2D eigenvalue weighted by atomic mass is 19.1. The van der Waals surface area contributed by atoms with Crippen LogP contribution in [0.3, 0.4) is 0 Å². The van der Waals surface area contributed by atoms with Gasteiger partial charge >= 0.3 is 0 Å². The Kier molecular flexibility index (Phi) is 8.75. The van der Waals surface area contributed by atoms with Crippen LogP contribution in [0.4, 0.5) is 4.39 Å². The molecular weight excluding hydrogens is 375 g/mol. The van der Waals surface area contributed by atoms with Crippen LogP contribution in [0.15, 0.2) is 53.5 Å². The molecule has 156 valence electrons. The molecular formula is C21H27FN4O3. The van der Waals surface area contributed by atoms with Gasteiger partial charge in [0.15, 0.2) is 12.6 Å². The van der Waals surface area contributed by atoms with Crippen molar-refractivity contribution in [2.45, 2.75) is 19.4 Å². The third kappa shape index (κ3) is 8.50. The predicted octanol–water partition coefficient (Wildman–Crippen LogP) is 1.86. The Morgan fingerprint density at radius 2 is 1.76 bits per heavy atom. The lowest BCUT2D eigenvalue weighted by Gasteiger charge is -2.17. The van der Waals surface area contributed by atoms with Crippen molar-refractivity contribution in [3.8, 4) is 11.5 Å². The molecule has 0 aromatic heterocycles. The van der Waals surface area contributed by atoms with Gasteiger partial charge in [0.05, 0.1) is 6.54 Å². The zero-order valence-electron chi connectivity index (χ0n) is 16.7. The number of hydrogen-bond donors (Lipinski definition) is 3. The van der Waals surface area contributed by atoms with Crippen molar-refractivity contribution in [3.63, 3.8) is 0 Å². The van der Waals surface area contributed by atoms with Gasteiger partial charge < -0.3 is 25.8 Å². The van der Waals surface area contributed by atoms with Crippen LogP contribution in [0.2, 0.25) is 0 Å². The quantitative estimate of drug-likeness (QED) is 0.416. The number of primary amides is 1. The summed E-state index contributed by atoms with van der Waals surface area (Å²) in [4.78, 5) is 14.9. The average Bonchev–Trinajstić information content (AvgIpc) is 2.71. The minimum atomic E-state index is -0.505. The fraction of sp³-hybridized carbons (Fsp3) is 0.333. The van der Waals surface area contributed by atoms with E-state index in [1.165, 1.54) is 12.1 Å². The van der Waals surface area contributed by atoms with Crippen LogP contribution in [0.5, 0.6) is 11.5 Å². The second kappa shape index (κ2) is 11.5. The molecule has 1 unspecified atom stereocenters. The molecule has 0 bridgehead atoms. The minimum absolute atomic E-state index is 0.119. The number of aliphatic imine (C=N–C) groups is 1. The van der Waals surface area contributed by atoms with Crippen LogP contribution in [0.1, 0.15) is 12.5 Å². The molecule has 4 N–H and O–H groups in total. The predicted molar refractivity (Wildman–Crippen MR) is 111 cm³/mol. The van der Waals surface area contributed by atoms with Crippen LogP contribution >= 0.6 is 0 Å². The van der Waals surface area contributed by atoms with Gasteiger partial charge in [-0.15, -0.1) is 0 Å². The lowest BCUT2D eigenvalue weighted by Crippen LogP contribution is -2.42. The second-order valence-corrected chi connectivity index (χ2v) is 6.41. The summed E-state index contributed by atoms with van der Waals surface area (Å²) >= 11 is 0. The highest BCUT2D eigenvalue weighted by Crippen LogP contribution is 2.13. The van der Waals surface area contributed by atoms with Gasteiger partial charge in [-0.3, -0.25) is 9.79 Å². The second-order valence-electron chi connectivity index (χ2n) is 6.41. The van der Waals surface area contributed by atoms with Gasteiger partial charge in [-0.25, -0.2) is 4.39 Å².